The molecule has 19 heavy (non-hydrogen) atoms. The number of amides is 1. The lowest BCUT2D eigenvalue weighted by Gasteiger charge is -2.06. The van der Waals surface area contributed by atoms with Crippen LogP contribution in [0.2, 0.25) is 5.02 Å². The van der Waals surface area contributed by atoms with E-state index in [-0.39, 0.29) is 5.91 Å². The zero-order chi connectivity index (χ0) is 13.7. The van der Waals surface area contributed by atoms with E-state index in [0.29, 0.717) is 29.4 Å². The van der Waals surface area contributed by atoms with Crippen molar-refractivity contribution in [1.29, 1.82) is 0 Å². The van der Waals surface area contributed by atoms with Gasteiger partial charge in [0.1, 0.15) is 0 Å². The number of nitrogens with one attached hydrogen (secondary N) is 1. The number of pyridine rings is 1. The number of halogens is 1. The highest BCUT2D eigenvalue weighted by Gasteiger charge is 2.06. The van der Waals surface area contributed by atoms with Crippen LogP contribution < -0.4 is 11.1 Å². The number of hydrogen-bond donors (Lipinski definition) is 2. The van der Waals surface area contributed by atoms with Crippen molar-refractivity contribution in [3.05, 3.63) is 64.4 Å². The first-order valence-electron chi connectivity index (χ1n) is 5.86. The average molecular weight is 276 g/mol. The molecule has 3 N–H and O–H groups in total. The number of nitrogens with two attached hydrogens (primary N) is 1. The van der Waals surface area contributed by atoms with Gasteiger partial charge in [-0.3, -0.25) is 9.78 Å². The molecule has 0 spiro atoms. The van der Waals surface area contributed by atoms with Gasteiger partial charge in [0.25, 0.3) is 5.91 Å². The van der Waals surface area contributed by atoms with Crippen molar-refractivity contribution in [2.45, 2.75) is 13.1 Å². The number of rotatable bonds is 4. The molecule has 5 heteroatoms. The first-order chi connectivity index (χ1) is 9.19. The predicted molar refractivity (Wildman–Crippen MR) is 74.8 cm³/mol. The van der Waals surface area contributed by atoms with Gasteiger partial charge < -0.3 is 11.1 Å². The van der Waals surface area contributed by atoms with E-state index < -0.39 is 0 Å². The third-order valence-corrected chi connectivity index (χ3v) is 2.87. The van der Waals surface area contributed by atoms with E-state index in [2.05, 4.69) is 10.3 Å². The van der Waals surface area contributed by atoms with Gasteiger partial charge >= 0.3 is 0 Å². The Morgan fingerprint density at radius 2 is 2.16 bits per heavy atom. The summed E-state index contributed by atoms with van der Waals surface area (Å²) < 4.78 is 0. The molecule has 1 aromatic heterocycles. The average Bonchev–Trinajstić information content (AvgIpc) is 2.45. The zero-order valence-electron chi connectivity index (χ0n) is 10.3. The van der Waals surface area contributed by atoms with E-state index >= 15 is 0 Å². The molecule has 0 bridgehead atoms. The van der Waals surface area contributed by atoms with E-state index in [1.165, 1.54) is 0 Å². The first-order valence-corrected chi connectivity index (χ1v) is 6.24. The molecule has 0 aliphatic rings. The van der Waals surface area contributed by atoms with Crippen LogP contribution in [-0.4, -0.2) is 10.9 Å². The number of hydrogen-bond acceptors (Lipinski definition) is 3. The van der Waals surface area contributed by atoms with Gasteiger partial charge in [-0.25, -0.2) is 0 Å². The van der Waals surface area contributed by atoms with Crippen molar-refractivity contribution in [2.75, 3.05) is 0 Å². The smallest absolute Gasteiger partial charge is 0.251 e. The van der Waals surface area contributed by atoms with Crippen LogP contribution in [0.4, 0.5) is 0 Å². The van der Waals surface area contributed by atoms with Crippen LogP contribution in [0, 0.1) is 0 Å². The van der Waals surface area contributed by atoms with E-state index in [9.17, 15) is 4.79 Å². The Hall–Kier alpha value is -1.91. The maximum absolute atomic E-state index is 12.0. The van der Waals surface area contributed by atoms with Gasteiger partial charge in [-0.1, -0.05) is 23.7 Å². The Morgan fingerprint density at radius 3 is 2.89 bits per heavy atom. The quantitative estimate of drug-likeness (QED) is 0.898. The number of benzene rings is 1. The Labute approximate surface area is 116 Å². The number of nitrogens with zero attached hydrogens (tertiary/aromatic N) is 1. The van der Waals surface area contributed by atoms with E-state index in [1.54, 1.807) is 24.4 Å². The lowest BCUT2D eigenvalue weighted by atomic mass is 10.2. The molecule has 0 atom stereocenters. The SMILES string of the molecule is NCc1cc(C(=O)NCc2cccc(Cl)c2)ccn1. The second kappa shape index (κ2) is 6.31. The fourth-order valence-corrected chi connectivity index (χ4v) is 1.88. The van der Waals surface area contributed by atoms with Crippen molar-refractivity contribution in [3.63, 3.8) is 0 Å². The normalized spacial score (nSPS) is 10.2. The van der Waals surface area contributed by atoms with Crippen molar-refractivity contribution >= 4 is 17.5 Å². The first kappa shape index (κ1) is 13.5. The fourth-order valence-electron chi connectivity index (χ4n) is 1.66. The Morgan fingerprint density at radius 1 is 1.32 bits per heavy atom. The molecule has 4 nitrogen and oxygen atoms in total. The molecule has 1 aromatic carbocycles. The molecule has 0 unspecified atom stereocenters. The van der Waals surface area contributed by atoms with Crippen molar-refractivity contribution in [3.8, 4) is 0 Å². The molecule has 2 aromatic rings. The minimum atomic E-state index is -0.155. The summed E-state index contributed by atoms with van der Waals surface area (Å²) >= 11 is 5.88. The molecule has 0 saturated heterocycles. The Balaban J connectivity index is 2.01. The molecular weight excluding hydrogens is 262 g/mol. The molecule has 0 aliphatic heterocycles. The second-order valence-corrected chi connectivity index (χ2v) is 4.49. The van der Waals surface area contributed by atoms with Gasteiger partial charge in [-0.05, 0) is 29.8 Å². The molecular formula is C14H14ClN3O. The standard InChI is InChI=1S/C14H14ClN3O/c15-12-3-1-2-10(6-12)9-18-14(19)11-4-5-17-13(7-11)8-16/h1-7H,8-9,16H2,(H,18,19). The largest absolute Gasteiger partial charge is 0.348 e. The third kappa shape index (κ3) is 3.77. The maximum atomic E-state index is 12.0. The second-order valence-electron chi connectivity index (χ2n) is 4.05. The molecule has 0 radical (unpaired) electrons. The number of carbonyl (C=O) groups excluding carboxylic acids is 1. The number of carbonyl (C=O) groups is 1. The summed E-state index contributed by atoms with van der Waals surface area (Å²) in [5, 5.41) is 3.48. The number of aromatic nitrogens is 1. The predicted octanol–water partition coefficient (Wildman–Crippen LogP) is 2.12. The van der Waals surface area contributed by atoms with Gasteiger partial charge in [0.05, 0.1) is 5.69 Å². The summed E-state index contributed by atoms with van der Waals surface area (Å²) in [7, 11) is 0. The zero-order valence-corrected chi connectivity index (χ0v) is 11.0. The molecule has 2 rings (SSSR count). The van der Waals surface area contributed by atoms with Gasteiger partial charge in [0, 0.05) is 29.9 Å². The summed E-state index contributed by atoms with van der Waals surface area (Å²) in [4.78, 5) is 16.0. The Bertz CT molecular complexity index is 586. The van der Waals surface area contributed by atoms with Gasteiger partial charge in [0.15, 0.2) is 0 Å². The van der Waals surface area contributed by atoms with Crippen LogP contribution in [0.25, 0.3) is 0 Å². The maximum Gasteiger partial charge on any atom is 0.251 e. The van der Waals surface area contributed by atoms with Gasteiger partial charge in [0.2, 0.25) is 0 Å². The van der Waals surface area contributed by atoms with Gasteiger partial charge in [-0.2, -0.15) is 0 Å². The van der Waals surface area contributed by atoms with Gasteiger partial charge in [-0.15, -0.1) is 0 Å². The fraction of sp³-hybridized carbons (Fsp3) is 0.143. The lowest BCUT2D eigenvalue weighted by molar-refractivity contribution is 0.0950. The van der Waals surface area contributed by atoms with Crippen molar-refractivity contribution in [1.82, 2.24) is 10.3 Å². The monoisotopic (exact) mass is 275 g/mol. The molecule has 1 heterocycles. The van der Waals surface area contributed by atoms with E-state index in [1.807, 2.05) is 18.2 Å². The van der Waals surface area contributed by atoms with E-state index in [4.69, 9.17) is 17.3 Å². The molecule has 0 fully saturated rings. The van der Waals surface area contributed by atoms with Crippen molar-refractivity contribution in [2.24, 2.45) is 5.73 Å². The Kier molecular flexibility index (Phi) is 4.49. The molecule has 0 aliphatic carbocycles. The summed E-state index contributed by atoms with van der Waals surface area (Å²) in [6.07, 6.45) is 1.58. The summed E-state index contributed by atoms with van der Waals surface area (Å²) in [6, 6.07) is 10.7. The highest BCUT2D eigenvalue weighted by atomic mass is 35.5. The van der Waals surface area contributed by atoms with Crippen LogP contribution in [-0.2, 0) is 13.1 Å². The summed E-state index contributed by atoms with van der Waals surface area (Å²) in [5.74, 6) is -0.155. The molecule has 98 valence electrons. The van der Waals surface area contributed by atoms with E-state index in [0.717, 1.165) is 5.56 Å². The summed E-state index contributed by atoms with van der Waals surface area (Å²) in [6.45, 7) is 0.745. The summed E-state index contributed by atoms with van der Waals surface area (Å²) in [5.41, 5.74) is 7.69. The molecule has 0 saturated carbocycles. The van der Waals surface area contributed by atoms with Crippen LogP contribution in [0.3, 0.4) is 0 Å². The highest BCUT2D eigenvalue weighted by Crippen LogP contribution is 2.10. The molecule has 1 amide bonds. The third-order valence-electron chi connectivity index (χ3n) is 2.63. The van der Waals surface area contributed by atoms with Crippen LogP contribution in [0.15, 0.2) is 42.6 Å². The van der Waals surface area contributed by atoms with Crippen molar-refractivity contribution < 1.29 is 4.79 Å². The highest BCUT2D eigenvalue weighted by molar-refractivity contribution is 6.30. The minimum Gasteiger partial charge on any atom is -0.348 e. The van der Waals surface area contributed by atoms with Crippen LogP contribution in [0.5, 0.6) is 0 Å². The van der Waals surface area contributed by atoms with Crippen LogP contribution in [0.1, 0.15) is 21.6 Å². The lowest BCUT2D eigenvalue weighted by Crippen LogP contribution is -2.23. The van der Waals surface area contributed by atoms with Crippen LogP contribution >= 0.6 is 11.6 Å². The minimum absolute atomic E-state index is 0.155. The topological polar surface area (TPSA) is 68.0 Å².